The van der Waals surface area contributed by atoms with Gasteiger partial charge in [0.25, 0.3) is 0 Å². The van der Waals surface area contributed by atoms with Gasteiger partial charge in [-0.05, 0) is 23.6 Å². The lowest BCUT2D eigenvalue weighted by Crippen LogP contribution is -2.43. The standard InChI is InChI=1S/C20H28N2O3S/c1-17(2)15-22(26(24,25)20-11-7-4-8-12-20)16-19(23)14-21-13-18-9-5-3-6-10-18/h3-12,17,19,21,23H,13-16H2,1-2H3/t19-/m1/s1. The third-order valence-electron chi connectivity index (χ3n) is 3.92. The summed E-state index contributed by atoms with van der Waals surface area (Å²) >= 11 is 0. The fourth-order valence-electron chi connectivity index (χ4n) is 2.70. The molecule has 0 aliphatic carbocycles. The highest BCUT2D eigenvalue weighted by molar-refractivity contribution is 7.89. The van der Waals surface area contributed by atoms with Crippen LogP contribution in [0.4, 0.5) is 0 Å². The number of nitrogens with one attached hydrogen (secondary N) is 1. The molecule has 0 fully saturated rings. The Bertz CT molecular complexity index is 749. The Morgan fingerprint density at radius 2 is 1.54 bits per heavy atom. The summed E-state index contributed by atoms with van der Waals surface area (Å²) in [5.74, 6) is 0.165. The van der Waals surface area contributed by atoms with E-state index in [9.17, 15) is 13.5 Å². The van der Waals surface area contributed by atoms with Gasteiger partial charge in [-0.3, -0.25) is 0 Å². The Kier molecular flexibility index (Phi) is 7.78. The van der Waals surface area contributed by atoms with Gasteiger partial charge in [0, 0.05) is 26.2 Å². The van der Waals surface area contributed by atoms with Crippen molar-refractivity contribution in [2.75, 3.05) is 19.6 Å². The van der Waals surface area contributed by atoms with Crippen molar-refractivity contribution in [1.82, 2.24) is 9.62 Å². The minimum atomic E-state index is -3.62. The average Bonchev–Trinajstić information content (AvgIpc) is 2.62. The fourth-order valence-corrected chi connectivity index (χ4v) is 4.36. The molecule has 26 heavy (non-hydrogen) atoms. The highest BCUT2D eigenvalue weighted by Gasteiger charge is 2.27. The first kappa shape index (κ1) is 20.6. The van der Waals surface area contributed by atoms with Crippen molar-refractivity contribution in [3.8, 4) is 0 Å². The van der Waals surface area contributed by atoms with E-state index >= 15 is 0 Å². The molecule has 0 unspecified atom stereocenters. The van der Waals surface area contributed by atoms with Gasteiger partial charge in [-0.15, -0.1) is 0 Å². The Balaban J connectivity index is 1.98. The van der Waals surface area contributed by atoms with E-state index in [0.29, 0.717) is 19.6 Å². The topological polar surface area (TPSA) is 69.6 Å². The Hall–Kier alpha value is -1.73. The van der Waals surface area contributed by atoms with Crippen molar-refractivity contribution < 1.29 is 13.5 Å². The summed E-state index contributed by atoms with van der Waals surface area (Å²) in [5.41, 5.74) is 1.12. The zero-order valence-electron chi connectivity index (χ0n) is 15.4. The molecule has 1 atom stereocenters. The van der Waals surface area contributed by atoms with E-state index in [1.165, 1.54) is 4.31 Å². The molecular formula is C20H28N2O3S. The summed E-state index contributed by atoms with van der Waals surface area (Å²) < 4.78 is 27.2. The number of hydrogen-bond acceptors (Lipinski definition) is 4. The van der Waals surface area contributed by atoms with Crippen LogP contribution in [0.5, 0.6) is 0 Å². The SMILES string of the molecule is CC(C)CN(C[C@H](O)CNCc1ccccc1)S(=O)(=O)c1ccccc1. The van der Waals surface area contributed by atoms with Crippen LogP contribution in [-0.4, -0.2) is 43.6 Å². The van der Waals surface area contributed by atoms with Crippen LogP contribution in [0, 0.1) is 5.92 Å². The molecule has 0 heterocycles. The van der Waals surface area contributed by atoms with Gasteiger partial charge < -0.3 is 10.4 Å². The van der Waals surface area contributed by atoms with E-state index in [1.807, 2.05) is 44.2 Å². The van der Waals surface area contributed by atoms with Gasteiger partial charge in [-0.25, -0.2) is 8.42 Å². The van der Waals surface area contributed by atoms with Gasteiger partial charge in [-0.1, -0.05) is 62.4 Å². The molecule has 0 spiro atoms. The van der Waals surface area contributed by atoms with Crippen molar-refractivity contribution in [2.45, 2.75) is 31.4 Å². The molecule has 2 aromatic rings. The number of hydrogen-bond donors (Lipinski definition) is 2. The molecule has 0 radical (unpaired) electrons. The number of aliphatic hydroxyl groups excluding tert-OH is 1. The number of rotatable bonds is 10. The molecule has 0 aliphatic heterocycles. The number of benzene rings is 2. The van der Waals surface area contributed by atoms with Crippen molar-refractivity contribution in [2.24, 2.45) is 5.92 Å². The molecule has 0 aliphatic rings. The molecule has 0 bridgehead atoms. The molecule has 0 saturated carbocycles. The first-order chi connectivity index (χ1) is 12.4. The second-order valence-corrected chi connectivity index (χ2v) is 8.74. The average molecular weight is 377 g/mol. The lowest BCUT2D eigenvalue weighted by Gasteiger charge is -2.26. The predicted molar refractivity (Wildman–Crippen MR) is 104 cm³/mol. The fraction of sp³-hybridized carbons (Fsp3) is 0.400. The van der Waals surface area contributed by atoms with E-state index in [-0.39, 0.29) is 17.4 Å². The second kappa shape index (κ2) is 9.83. The third-order valence-corrected chi connectivity index (χ3v) is 5.76. The lowest BCUT2D eigenvalue weighted by molar-refractivity contribution is 0.139. The summed E-state index contributed by atoms with van der Waals surface area (Å²) in [6.45, 7) is 5.33. The molecule has 2 rings (SSSR count). The molecule has 6 heteroatoms. The summed E-state index contributed by atoms with van der Waals surface area (Å²) in [6, 6.07) is 18.3. The number of sulfonamides is 1. The molecule has 142 valence electrons. The molecule has 5 nitrogen and oxygen atoms in total. The largest absolute Gasteiger partial charge is 0.390 e. The van der Waals surface area contributed by atoms with Gasteiger partial charge in [0.1, 0.15) is 0 Å². The van der Waals surface area contributed by atoms with Crippen LogP contribution < -0.4 is 5.32 Å². The Morgan fingerprint density at radius 1 is 0.962 bits per heavy atom. The lowest BCUT2D eigenvalue weighted by atomic mass is 10.2. The van der Waals surface area contributed by atoms with Gasteiger partial charge in [-0.2, -0.15) is 4.31 Å². The van der Waals surface area contributed by atoms with Crippen LogP contribution in [-0.2, 0) is 16.6 Å². The quantitative estimate of drug-likeness (QED) is 0.668. The van der Waals surface area contributed by atoms with Crippen LogP contribution in [0.15, 0.2) is 65.6 Å². The third kappa shape index (κ3) is 6.21. The van der Waals surface area contributed by atoms with E-state index in [2.05, 4.69) is 5.32 Å². The minimum Gasteiger partial charge on any atom is -0.390 e. The summed E-state index contributed by atoms with van der Waals surface area (Å²) in [6.07, 6.45) is -0.782. The van der Waals surface area contributed by atoms with Crippen molar-refractivity contribution in [1.29, 1.82) is 0 Å². The van der Waals surface area contributed by atoms with Crippen molar-refractivity contribution >= 4 is 10.0 Å². The van der Waals surface area contributed by atoms with Gasteiger partial charge >= 0.3 is 0 Å². The Morgan fingerprint density at radius 3 is 2.12 bits per heavy atom. The normalized spacial score (nSPS) is 13.3. The molecule has 2 N–H and O–H groups in total. The predicted octanol–water partition coefficient (Wildman–Crippen LogP) is 2.48. The smallest absolute Gasteiger partial charge is 0.243 e. The van der Waals surface area contributed by atoms with Crippen molar-refractivity contribution in [3.63, 3.8) is 0 Å². The van der Waals surface area contributed by atoms with Crippen LogP contribution in [0.1, 0.15) is 19.4 Å². The maximum atomic E-state index is 12.9. The molecule has 2 aromatic carbocycles. The molecule has 0 saturated heterocycles. The molecule has 0 amide bonds. The number of nitrogens with zero attached hydrogens (tertiary/aromatic N) is 1. The first-order valence-electron chi connectivity index (χ1n) is 8.87. The van der Waals surface area contributed by atoms with Gasteiger partial charge in [0.05, 0.1) is 11.0 Å². The van der Waals surface area contributed by atoms with Crippen LogP contribution in [0.3, 0.4) is 0 Å². The Labute approximate surface area is 156 Å². The first-order valence-corrected chi connectivity index (χ1v) is 10.3. The van der Waals surface area contributed by atoms with Crippen LogP contribution in [0.25, 0.3) is 0 Å². The molecule has 0 aromatic heterocycles. The van der Waals surface area contributed by atoms with E-state index < -0.39 is 16.1 Å². The maximum absolute atomic E-state index is 12.9. The van der Waals surface area contributed by atoms with Gasteiger partial charge in [0.15, 0.2) is 0 Å². The molecular weight excluding hydrogens is 348 g/mol. The van der Waals surface area contributed by atoms with E-state index in [0.717, 1.165) is 5.56 Å². The maximum Gasteiger partial charge on any atom is 0.243 e. The highest BCUT2D eigenvalue weighted by Crippen LogP contribution is 2.17. The number of aliphatic hydroxyl groups is 1. The van der Waals surface area contributed by atoms with E-state index in [1.54, 1.807) is 30.3 Å². The monoisotopic (exact) mass is 376 g/mol. The summed E-state index contributed by atoms with van der Waals surface area (Å²) in [5, 5.41) is 13.5. The minimum absolute atomic E-state index is 0.0667. The zero-order chi connectivity index (χ0) is 19.0. The van der Waals surface area contributed by atoms with Crippen LogP contribution in [0.2, 0.25) is 0 Å². The van der Waals surface area contributed by atoms with E-state index in [4.69, 9.17) is 0 Å². The summed E-state index contributed by atoms with van der Waals surface area (Å²) in [7, 11) is -3.62. The zero-order valence-corrected chi connectivity index (χ0v) is 16.2. The second-order valence-electron chi connectivity index (χ2n) is 6.80. The summed E-state index contributed by atoms with van der Waals surface area (Å²) in [4.78, 5) is 0.255. The van der Waals surface area contributed by atoms with Gasteiger partial charge in [0.2, 0.25) is 10.0 Å². The highest BCUT2D eigenvalue weighted by atomic mass is 32.2. The van der Waals surface area contributed by atoms with Crippen molar-refractivity contribution in [3.05, 3.63) is 66.2 Å². The van der Waals surface area contributed by atoms with Crippen LogP contribution >= 0.6 is 0 Å².